The van der Waals surface area contributed by atoms with Crippen molar-refractivity contribution in [1.29, 1.82) is 0 Å². The Kier molecular flexibility index (Phi) is 6.51. The van der Waals surface area contributed by atoms with E-state index in [-0.39, 0.29) is 11.9 Å². The number of rotatable bonds is 7. The van der Waals surface area contributed by atoms with Crippen molar-refractivity contribution in [2.24, 2.45) is 5.73 Å². The van der Waals surface area contributed by atoms with Gasteiger partial charge in [0.15, 0.2) is 5.13 Å². The molecule has 32 heavy (non-hydrogen) atoms. The molecule has 0 bridgehead atoms. The molecule has 1 saturated heterocycles. The van der Waals surface area contributed by atoms with Crippen LogP contribution in [0.1, 0.15) is 22.5 Å². The van der Waals surface area contributed by atoms with Crippen LogP contribution >= 0.6 is 11.3 Å². The van der Waals surface area contributed by atoms with E-state index in [0.717, 1.165) is 35.8 Å². The molecule has 0 radical (unpaired) electrons. The number of nitrogens with zero attached hydrogens (tertiary/aromatic N) is 2. The number of carbonyl (C=O) groups excluding carboxylic acids is 2. The van der Waals surface area contributed by atoms with Gasteiger partial charge in [0.25, 0.3) is 5.91 Å². The number of thiazole rings is 1. The van der Waals surface area contributed by atoms with Gasteiger partial charge < -0.3 is 20.7 Å². The maximum absolute atomic E-state index is 12.1. The average Bonchev–Trinajstić information content (AvgIpc) is 3.26. The standard InChI is InChI=1S/C24H24N4O3S/c1-2-20(29)26-17-7-6-14-28(15-17)24-27-21(22(32-24)23(25)30)16-10-12-19(13-11-16)31-18-8-4-3-5-9-18/h2-5,8-13,17H,1,6-7,14-15H2,(H2,25,30)(H,26,29)/t17-/m1/s1. The van der Waals surface area contributed by atoms with Crippen molar-refractivity contribution < 1.29 is 14.3 Å². The van der Waals surface area contributed by atoms with Gasteiger partial charge in [0.2, 0.25) is 5.91 Å². The van der Waals surface area contributed by atoms with Crippen LogP contribution in [0.15, 0.2) is 67.3 Å². The van der Waals surface area contributed by atoms with E-state index in [1.165, 1.54) is 17.4 Å². The Balaban J connectivity index is 1.55. The molecule has 1 fully saturated rings. The number of piperidine rings is 1. The first-order valence-electron chi connectivity index (χ1n) is 10.4. The molecule has 3 aromatic rings. The summed E-state index contributed by atoms with van der Waals surface area (Å²) in [5.41, 5.74) is 7.00. The fraction of sp³-hybridized carbons (Fsp3) is 0.208. The van der Waals surface area contributed by atoms with E-state index in [0.29, 0.717) is 22.9 Å². The summed E-state index contributed by atoms with van der Waals surface area (Å²) in [6, 6.07) is 16.9. The SMILES string of the molecule is C=CC(=O)N[C@@H]1CCCN(c2nc(-c3ccc(Oc4ccccc4)cc3)c(C(N)=O)s2)C1. The van der Waals surface area contributed by atoms with Crippen molar-refractivity contribution in [3.63, 3.8) is 0 Å². The second-order valence-electron chi connectivity index (χ2n) is 7.48. The van der Waals surface area contributed by atoms with Crippen molar-refractivity contribution in [2.45, 2.75) is 18.9 Å². The van der Waals surface area contributed by atoms with Gasteiger partial charge in [-0.25, -0.2) is 4.98 Å². The minimum Gasteiger partial charge on any atom is -0.457 e. The van der Waals surface area contributed by atoms with E-state index < -0.39 is 5.91 Å². The van der Waals surface area contributed by atoms with Crippen molar-refractivity contribution in [3.05, 3.63) is 72.1 Å². The summed E-state index contributed by atoms with van der Waals surface area (Å²) in [5, 5.41) is 3.66. The molecule has 4 rings (SSSR count). The molecular formula is C24H24N4O3S. The number of aromatic nitrogens is 1. The predicted octanol–water partition coefficient (Wildman–Crippen LogP) is 3.97. The van der Waals surface area contributed by atoms with Gasteiger partial charge in [-0.15, -0.1) is 0 Å². The Bertz CT molecular complexity index is 1110. The molecule has 2 heterocycles. The number of nitrogens with two attached hydrogens (primary N) is 1. The predicted molar refractivity (Wildman–Crippen MR) is 126 cm³/mol. The van der Waals surface area contributed by atoms with Crippen LogP contribution in [0, 0.1) is 0 Å². The lowest BCUT2D eigenvalue weighted by Gasteiger charge is -2.32. The Hall–Kier alpha value is -3.65. The fourth-order valence-electron chi connectivity index (χ4n) is 3.64. The monoisotopic (exact) mass is 448 g/mol. The maximum atomic E-state index is 12.1. The van der Waals surface area contributed by atoms with Crippen LogP contribution in [0.3, 0.4) is 0 Å². The molecule has 1 atom stereocenters. The van der Waals surface area contributed by atoms with Crippen LogP contribution in [0.5, 0.6) is 11.5 Å². The minimum atomic E-state index is -0.512. The highest BCUT2D eigenvalue weighted by molar-refractivity contribution is 7.18. The first kappa shape index (κ1) is 21.6. The highest BCUT2D eigenvalue weighted by Gasteiger charge is 2.26. The summed E-state index contributed by atoms with van der Waals surface area (Å²) in [4.78, 5) is 31.0. The number of benzene rings is 2. The number of hydrogen-bond donors (Lipinski definition) is 2. The molecule has 2 amide bonds. The van der Waals surface area contributed by atoms with Crippen LogP contribution in [0.2, 0.25) is 0 Å². The van der Waals surface area contributed by atoms with Crippen LogP contribution in [-0.4, -0.2) is 35.9 Å². The topological polar surface area (TPSA) is 97.6 Å². The van der Waals surface area contributed by atoms with E-state index in [4.69, 9.17) is 15.5 Å². The molecule has 0 unspecified atom stereocenters. The average molecular weight is 449 g/mol. The molecule has 0 saturated carbocycles. The number of ether oxygens (including phenoxy) is 1. The van der Waals surface area contributed by atoms with E-state index in [9.17, 15) is 9.59 Å². The summed E-state index contributed by atoms with van der Waals surface area (Å²) < 4.78 is 5.84. The van der Waals surface area contributed by atoms with Crippen LogP contribution < -0.4 is 20.7 Å². The van der Waals surface area contributed by atoms with Crippen molar-refractivity contribution >= 4 is 28.3 Å². The van der Waals surface area contributed by atoms with Gasteiger partial charge in [0.05, 0.1) is 5.69 Å². The number of amides is 2. The largest absolute Gasteiger partial charge is 0.457 e. The molecule has 0 aliphatic carbocycles. The molecule has 3 N–H and O–H groups in total. The van der Waals surface area contributed by atoms with Gasteiger partial charge in [-0.2, -0.15) is 0 Å². The van der Waals surface area contributed by atoms with Crippen molar-refractivity contribution in [1.82, 2.24) is 10.3 Å². The van der Waals surface area contributed by atoms with E-state index in [1.807, 2.05) is 54.6 Å². The second-order valence-corrected chi connectivity index (χ2v) is 8.45. The van der Waals surface area contributed by atoms with Gasteiger partial charge >= 0.3 is 0 Å². The third kappa shape index (κ3) is 4.97. The molecule has 1 aliphatic rings. The smallest absolute Gasteiger partial charge is 0.261 e. The zero-order valence-corrected chi connectivity index (χ0v) is 18.3. The van der Waals surface area contributed by atoms with Crippen molar-refractivity contribution in [2.75, 3.05) is 18.0 Å². The summed E-state index contributed by atoms with van der Waals surface area (Å²) in [6.07, 6.45) is 3.07. The quantitative estimate of drug-likeness (QED) is 0.533. The molecule has 0 spiro atoms. The number of hydrogen-bond acceptors (Lipinski definition) is 6. The zero-order chi connectivity index (χ0) is 22.5. The number of carbonyl (C=O) groups is 2. The van der Waals surface area contributed by atoms with E-state index in [1.54, 1.807) is 0 Å². The van der Waals surface area contributed by atoms with Crippen LogP contribution in [0.25, 0.3) is 11.3 Å². The van der Waals surface area contributed by atoms with Gasteiger partial charge in [0, 0.05) is 24.7 Å². The van der Waals surface area contributed by atoms with Gasteiger partial charge in [0.1, 0.15) is 16.4 Å². The Morgan fingerprint density at radius 1 is 1.16 bits per heavy atom. The Labute approximate surface area is 190 Å². The van der Waals surface area contributed by atoms with E-state index in [2.05, 4.69) is 16.8 Å². The van der Waals surface area contributed by atoms with Gasteiger partial charge in [-0.3, -0.25) is 9.59 Å². The lowest BCUT2D eigenvalue weighted by Crippen LogP contribution is -2.47. The van der Waals surface area contributed by atoms with Crippen molar-refractivity contribution in [3.8, 4) is 22.8 Å². The van der Waals surface area contributed by atoms with Crippen LogP contribution in [0.4, 0.5) is 5.13 Å². The zero-order valence-electron chi connectivity index (χ0n) is 17.5. The number of primary amides is 1. The lowest BCUT2D eigenvalue weighted by atomic mass is 10.1. The third-order valence-corrected chi connectivity index (χ3v) is 6.30. The van der Waals surface area contributed by atoms with E-state index >= 15 is 0 Å². The number of para-hydroxylation sites is 1. The maximum Gasteiger partial charge on any atom is 0.261 e. The highest BCUT2D eigenvalue weighted by Crippen LogP contribution is 2.35. The second kappa shape index (κ2) is 9.65. The highest BCUT2D eigenvalue weighted by atomic mass is 32.1. The Morgan fingerprint density at radius 3 is 2.56 bits per heavy atom. The first-order valence-corrected chi connectivity index (χ1v) is 11.2. The number of anilines is 1. The molecule has 7 nitrogen and oxygen atoms in total. The summed E-state index contributed by atoms with van der Waals surface area (Å²) in [7, 11) is 0. The molecule has 8 heteroatoms. The van der Waals surface area contributed by atoms with Crippen LogP contribution in [-0.2, 0) is 4.79 Å². The fourth-order valence-corrected chi connectivity index (χ4v) is 4.62. The number of nitrogens with one attached hydrogen (secondary N) is 1. The van der Waals surface area contributed by atoms with Gasteiger partial charge in [-0.1, -0.05) is 36.1 Å². The first-order chi connectivity index (χ1) is 15.5. The molecule has 2 aromatic carbocycles. The summed E-state index contributed by atoms with van der Waals surface area (Å²) in [6.45, 7) is 4.93. The molecule has 164 valence electrons. The van der Waals surface area contributed by atoms with Gasteiger partial charge in [-0.05, 0) is 55.3 Å². The summed E-state index contributed by atoms with van der Waals surface area (Å²) in [5.74, 6) is 0.735. The normalized spacial score (nSPS) is 15.8. The Morgan fingerprint density at radius 2 is 1.88 bits per heavy atom. The molecule has 1 aromatic heterocycles. The third-order valence-electron chi connectivity index (χ3n) is 5.17. The molecular weight excluding hydrogens is 424 g/mol. The molecule has 1 aliphatic heterocycles. The summed E-state index contributed by atoms with van der Waals surface area (Å²) >= 11 is 1.28. The minimum absolute atomic E-state index is 0.00745. The lowest BCUT2D eigenvalue weighted by molar-refractivity contribution is -0.117.